The van der Waals surface area contributed by atoms with Crippen LogP contribution in [0.3, 0.4) is 0 Å². The van der Waals surface area contributed by atoms with E-state index in [1.54, 1.807) is 29.7 Å². The second-order valence-corrected chi connectivity index (χ2v) is 8.55. The number of imidazole rings is 1. The zero-order valence-corrected chi connectivity index (χ0v) is 19.1. The van der Waals surface area contributed by atoms with Crippen LogP contribution in [0, 0.1) is 30.4 Å². The van der Waals surface area contributed by atoms with Crippen LogP contribution in [0.25, 0.3) is 5.65 Å². The van der Waals surface area contributed by atoms with Crippen LogP contribution in [0.1, 0.15) is 47.4 Å². The van der Waals surface area contributed by atoms with Crippen molar-refractivity contribution in [2.75, 3.05) is 13.7 Å². The summed E-state index contributed by atoms with van der Waals surface area (Å²) in [5, 5.41) is 2.98. The molecule has 3 aromatic rings. The lowest BCUT2D eigenvalue weighted by molar-refractivity contribution is -0.146. The molecule has 0 saturated heterocycles. The number of nitrogens with one attached hydrogen (secondary N) is 1. The number of rotatable bonds is 7. The van der Waals surface area contributed by atoms with Gasteiger partial charge in [0.25, 0.3) is 5.91 Å². The molecule has 180 valence electrons. The molecule has 1 fully saturated rings. The van der Waals surface area contributed by atoms with Crippen LogP contribution in [-0.4, -0.2) is 34.9 Å². The van der Waals surface area contributed by atoms with Crippen LogP contribution in [0.15, 0.2) is 36.5 Å². The number of hydrogen-bond donors (Lipinski definition) is 1. The first kappa shape index (κ1) is 23.7. The van der Waals surface area contributed by atoms with Crippen molar-refractivity contribution in [3.05, 3.63) is 65.1 Å². The third-order valence-electron chi connectivity index (χ3n) is 6.37. The quantitative estimate of drug-likeness (QED) is 0.522. The third kappa shape index (κ3) is 4.88. The van der Waals surface area contributed by atoms with E-state index in [1.807, 2.05) is 0 Å². The zero-order valence-electron chi connectivity index (χ0n) is 19.1. The van der Waals surface area contributed by atoms with Crippen molar-refractivity contribution in [3.8, 4) is 5.75 Å². The molecule has 0 atom stereocenters. The molecule has 9 heteroatoms. The number of aryl methyl sites for hydroxylation is 1. The van der Waals surface area contributed by atoms with Gasteiger partial charge in [-0.1, -0.05) is 6.07 Å². The third-order valence-corrected chi connectivity index (χ3v) is 6.37. The lowest BCUT2D eigenvalue weighted by Crippen LogP contribution is -2.33. The molecule has 1 saturated carbocycles. The summed E-state index contributed by atoms with van der Waals surface area (Å²) in [4.78, 5) is 29.2. The predicted molar refractivity (Wildman–Crippen MR) is 120 cm³/mol. The number of fused-ring (bicyclic) bond motifs is 1. The van der Waals surface area contributed by atoms with Crippen LogP contribution >= 0.6 is 0 Å². The van der Waals surface area contributed by atoms with Gasteiger partial charge in [-0.2, -0.15) is 0 Å². The van der Waals surface area contributed by atoms with E-state index in [-0.39, 0.29) is 30.0 Å². The maximum Gasteiger partial charge on any atom is 0.308 e. The monoisotopic (exact) mass is 471 g/mol. The van der Waals surface area contributed by atoms with Crippen molar-refractivity contribution >= 4 is 17.5 Å². The Morgan fingerprint density at radius 2 is 1.82 bits per heavy atom. The van der Waals surface area contributed by atoms with Gasteiger partial charge in [0.15, 0.2) is 11.4 Å². The van der Waals surface area contributed by atoms with E-state index >= 15 is 0 Å². The first-order chi connectivity index (χ1) is 16.4. The highest BCUT2D eigenvalue weighted by atomic mass is 19.1. The first-order valence-corrected chi connectivity index (χ1v) is 11.3. The fourth-order valence-electron chi connectivity index (χ4n) is 4.45. The summed E-state index contributed by atoms with van der Waals surface area (Å²) in [5.41, 5.74) is 1.11. The van der Waals surface area contributed by atoms with Gasteiger partial charge in [-0.15, -0.1) is 0 Å². The molecule has 2 aromatic heterocycles. The lowest BCUT2D eigenvalue weighted by Gasteiger charge is -2.26. The van der Waals surface area contributed by atoms with Crippen LogP contribution in [0.2, 0.25) is 0 Å². The predicted octanol–water partition coefficient (Wildman–Crippen LogP) is 4.21. The Hall–Kier alpha value is -3.49. The van der Waals surface area contributed by atoms with Crippen molar-refractivity contribution < 1.29 is 27.8 Å². The number of ether oxygens (including phenoxy) is 2. The van der Waals surface area contributed by atoms with E-state index in [4.69, 9.17) is 9.47 Å². The van der Waals surface area contributed by atoms with Gasteiger partial charge < -0.3 is 14.8 Å². The number of carbonyl (C=O) groups is 2. The van der Waals surface area contributed by atoms with Gasteiger partial charge in [-0.25, -0.2) is 13.8 Å². The second-order valence-electron chi connectivity index (χ2n) is 8.55. The number of hydrogen-bond acceptors (Lipinski definition) is 5. The number of pyridine rings is 1. The molecule has 0 aliphatic heterocycles. The molecule has 1 aromatic carbocycles. The van der Waals surface area contributed by atoms with Crippen molar-refractivity contribution in [3.63, 3.8) is 0 Å². The lowest BCUT2D eigenvalue weighted by atomic mass is 9.82. The summed E-state index contributed by atoms with van der Waals surface area (Å²) in [6, 6.07) is 6.97. The molecule has 34 heavy (non-hydrogen) atoms. The van der Waals surface area contributed by atoms with Gasteiger partial charge in [0, 0.05) is 12.7 Å². The zero-order chi connectivity index (χ0) is 24.2. The summed E-state index contributed by atoms with van der Waals surface area (Å²) in [6.45, 7) is 1.92. The van der Waals surface area contributed by atoms with Gasteiger partial charge in [-0.05, 0) is 62.8 Å². The molecule has 0 bridgehead atoms. The summed E-state index contributed by atoms with van der Waals surface area (Å²) in [7, 11) is 1.40. The number of esters is 1. The fourth-order valence-corrected chi connectivity index (χ4v) is 4.45. The molecular formula is C25H27F2N3O4. The van der Waals surface area contributed by atoms with Crippen LogP contribution in [0.4, 0.5) is 8.78 Å². The van der Waals surface area contributed by atoms with Gasteiger partial charge in [-0.3, -0.25) is 14.0 Å². The highest BCUT2D eigenvalue weighted by Crippen LogP contribution is 2.29. The number of aromatic nitrogens is 2. The Morgan fingerprint density at radius 1 is 1.12 bits per heavy atom. The molecule has 1 amide bonds. The maximum atomic E-state index is 13.9. The van der Waals surface area contributed by atoms with Crippen molar-refractivity contribution in [1.82, 2.24) is 14.7 Å². The Morgan fingerprint density at radius 3 is 2.50 bits per heavy atom. The molecular weight excluding hydrogens is 444 g/mol. The van der Waals surface area contributed by atoms with Crippen molar-refractivity contribution in [2.24, 2.45) is 11.8 Å². The van der Waals surface area contributed by atoms with Crippen molar-refractivity contribution in [2.45, 2.75) is 39.2 Å². The smallest absolute Gasteiger partial charge is 0.308 e. The minimum Gasteiger partial charge on any atom is -0.485 e. The van der Waals surface area contributed by atoms with Gasteiger partial charge in [0.2, 0.25) is 0 Å². The number of carbonyl (C=O) groups excluding carboxylic acids is 2. The van der Waals surface area contributed by atoms with E-state index in [0.29, 0.717) is 35.2 Å². The molecule has 4 rings (SSSR count). The molecule has 0 unspecified atom stereocenters. The van der Waals surface area contributed by atoms with Gasteiger partial charge in [0.05, 0.1) is 24.3 Å². The number of halogens is 2. The Kier molecular flexibility index (Phi) is 7.09. The molecule has 1 N–H and O–H groups in total. The summed E-state index contributed by atoms with van der Waals surface area (Å²) < 4.78 is 40.0. The van der Waals surface area contributed by atoms with Crippen molar-refractivity contribution in [1.29, 1.82) is 0 Å². The average Bonchev–Trinajstić information content (AvgIpc) is 3.18. The van der Waals surface area contributed by atoms with E-state index in [2.05, 4.69) is 10.3 Å². The van der Waals surface area contributed by atoms with Gasteiger partial charge in [0.1, 0.15) is 23.9 Å². The minimum atomic E-state index is -0.688. The molecule has 1 aliphatic carbocycles. The second kappa shape index (κ2) is 10.2. The summed E-state index contributed by atoms with van der Waals surface area (Å²) in [5.74, 6) is -1.27. The Bertz CT molecular complexity index is 1180. The number of methoxy groups -OCH3 is 1. The Labute approximate surface area is 196 Å². The minimum absolute atomic E-state index is 0.0609. The molecule has 2 heterocycles. The highest BCUT2D eigenvalue weighted by molar-refractivity contribution is 5.95. The molecule has 0 spiro atoms. The van der Waals surface area contributed by atoms with E-state index in [9.17, 15) is 18.4 Å². The molecule has 0 radical (unpaired) electrons. The topological polar surface area (TPSA) is 81.9 Å². The van der Waals surface area contributed by atoms with E-state index in [1.165, 1.54) is 25.3 Å². The fraction of sp³-hybridized carbons (Fsp3) is 0.400. The molecule has 7 nitrogen and oxygen atoms in total. The SMILES string of the molecule is COC(=O)[C@H]1CC[C@H](CNC(=O)c2c(C)nc3c(OCc4c(F)cccc4F)cccn23)CC1. The van der Waals surface area contributed by atoms with E-state index in [0.717, 1.165) is 25.7 Å². The average molecular weight is 472 g/mol. The highest BCUT2D eigenvalue weighted by Gasteiger charge is 2.27. The Balaban J connectivity index is 1.44. The first-order valence-electron chi connectivity index (χ1n) is 11.3. The summed E-state index contributed by atoms with van der Waals surface area (Å²) >= 11 is 0. The van der Waals surface area contributed by atoms with Crippen LogP contribution < -0.4 is 10.1 Å². The molecule has 1 aliphatic rings. The van der Waals surface area contributed by atoms with Gasteiger partial charge >= 0.3 is 5.97 Å². The van der Waals surface area contributed by atoms with E-state index < -0.39 is 11.6 Å². The normalized spacial score (nSPS) is 18.0. The number of benzene rings is 1. The maximum absolute atomic E-state index is 13.9. The van der Waals surface area contributed by atoms with Crippen LogP contribution in [0.5, 0.6) is 5.75 Å². The number of nitrogens with zero attached hydrogens (tertiary/aromatic N) is 2. The van der Waals surface area contributed by atoms with Crippen LogP contribution in [-0.2, 0) is 16.1 Å². The standard InChI is InChI=1S/C25H27F2N3O4/c1-15-22(24(31)28-13-16-8-10-17(11-9-16)25(32)33-2)30-12-4-7-21(23(30)29-15)34-14-18-19(26)5-3-6-20(18)27/h3-7,12,16-17H,8-11,13-14H2,1-2H3,(H,28,31)/t16-,17-. The largest absolute Gasteiger partial charge is 0.485 e. The number of amides is 1. The summed E-state index contributed by atoms with van der Waals surface area (Å²) in [6.07, 6.45) is 4.90.